The Kier molecular flexibility index (Phi) is 3.19. The van der Waals surface area contributed by atoms with Gasteiger partial charge in [-0.05, 0) is 6.92 Å². The van der Waals surface area contributed by atoms with Gasteiger partial charge in [-0.1, -0.05) is 12.2 Å². The predicted molar refractivity (Wildman–Crippen MR) is 52.6 cm³/mol. The highest BCUT2D eigenvalue weighted by Crippen LogP contribution is 1.94. The van der Waals surface area contributed by atoms with E-state index in [1.165, 1.54) is 17.9 Å². The third-order valence-corrected chi connectivity index (χ3v) is 2.14. The average Bonchev–Trinajstić information content (AvgIpc) is 2.14. The van der Waals surface area contributed by atoms with Gasteiger partial charge >= 0.3 is 11.7 Å². The molecule has 5 nitrogen and oxygen atoms in total. The highest BCUT2D eigenvalue weighted by Gasteiger charge is 2.04. The fourth-order valence-corrected chi connectivity index (χ4v) is 1.08. The summed E-state index contributed by atoms with van der Waals surface area (Å²) in [5.74, 6) is -0.475. The summed E-state index contributed by atoms with van der Waals surface area (Å²) < 4.78 is 6.05. The number of aromatic nitrogens is 2. The van der Waals surface area contributed by atoms with E-state index >= 15 is 0 Å². The van der Waals surface area contributed by atoms with Crippen LogP contribution in [0.5, 0.6) is 0 Å². The van der Waals surface area contributed by atoms with E-state index in [2.05, 4.69) is 9.72 Å². The first-order valence-electron chi connectivity index (χ1n) is 3.92. The predicted octanol–water partition coefficient (Wildman–Crippen LogP) is 0.387. The smallest absolute Gasteiger partial charge is 0.327 e. The first-order valence-corrected chi connectivity index (χ1v) is 4.32. The number of hydrogen-bond donors (Lipinski definition) is 1. The van der Waals surface area contributed by atoms with Crippen molar-refractivity contribution in [3.8, 4) is 0 Å². The summed E-state index contributed by atoms with van der Waals surface area (Å²) in [7, 11) is 1.27. The number of hydrogen-bond acceptors (Lipinski definition) is 4. The minimum Gasteiger partial charge on any atom is -0.468 e. The van der Waals surface area contributed by atoms with Crippen LogP contribution in [0.25, 0.3) is 0 Å². The molecule has 0 bridgehead atoms. The first-order chi connectivity index (χ1) is 6.54. The fraction of sp³-hybridized carbons (Fsp3) is 0.375. The number of aryl methyl sites for hydroxylation is 1. The summed E-state index contributed by atoms with van der Waals surface area (Å²) in [5, 5.41) is 0. The topological polar surface area (TPSA) is 64.1 Å². The maximum Gasteiger partial charge on any atom is 0.327 e. The Morgan fingerprint density at radius 1 is 1.71 bits per heavy atom. The van der Waals surface area contributed by atoms with Crippen molar-refractivity contribution in [1.29, 1.82) is 0 Å². The van der Waals surface area contributed by atoms with E-state index in [0.29, 0.717) is 4.64 Å². The number of nitrogens with one attached hydrogen (secondary N) is 1. The first kappa shape index (κ1) is 10.6. The third kappa shape index (κ3) is 2.29. The standard InChI is InChI=1S/C8H10N2O3S/c1-5-3-10(4-6(11)13-2)8(12)9-7(5)14/h3H,4H2,1-2H3,(H,9,12,14). The quantitative estimate of drug-likeness (QED) is 0.571. The van der Waals surface area contributed by atoms with Gasteiger partial charge in [0.05, 0.1) is 7.11 Å². The van der Waals surface area contributed by atoms with Crippen LogP contribution >= 0.6 is 12.2 Å². The zero-order chi connectivity index (χ0) is 10.7. The summed E-state index contributed by atoms with van der Waals surface area (Å²) in [5.41, 5.74) is 0.328. The third-order valence-electron chi connectivity index (χ3n) is 1.72. The zero-order valence-electron chi connectivity index (χ0n) is 7.86. The Bertz CT molecular complexity index is 460. The van der Waals surface area contributed by atoms with E-state index in [1.54, 1.807) is 6.92 Å². The van der Waals surface area contributed by atoms with Crippen molar-refractivity contribution in [2.45, 2.75) is 13.5 Å². The second kappa shape index (κ2) is 4.19. The Hall–Kier alpha value is -1.43. The van der Waals surface area contributed by atoms with Crippen molar-refractivity contribution >= 4 is 18.2 Å². The molecule has 0 aliphatic rings. The lowest BCUT2D eigenvalue weighted by Gasteiger charge is -2.04. The molecule has 0 radical (unpaired) electrons. The van der Waals surface area contributed by atoms with E-state index < -0.39 is 11.7 Å². The van der Waals surface area contributed by atoms with Crippen LogP contribution in [-0.2, 0) is 16.1 Å². The maximum absolute atomic E-state index is 11.3. The van der Waals surface area contributed by atoms with Crippen molar-refractivity contribution in [3.63, 3.8) is 0 Å². The largest absolute Gasteiger partial charge is 0.468 e. The molecule has 1 N–H and O–H groups in total. The summed E-state index contributed by atoms with van der Waals surface area (Å²) in [6, 6.07) is 0. The van der Waals surface area contributed by atoms with Crippen LogP contribution in [-0.4, -0.2) is 22.6 Å². The Morgan fingerprint density at radius 3 is 2.93 bits per heavy atom. The van der Waals surface area contributed by atoms with Gasteiger partial charge in [-0.3, -0.25) is 14.3 Å². The molecule has 14 heavy (non-hydrogen) atoms. The maximum atomic E-state index is 11.3. The molecule has 6 heteroatoms. The van der Waals surface area contributed by atoms with Gasteiger partial charge in [0.1, 0.15) is 11.2 Å². The summed E-state index contributed by atoms with van der Waals surface area (Å²) >= 11 is 4.86. The number of esters is 1. The minimum atomic E-state index is -0.475. The molecule has 0 unspecified atom stereocenters. The molecule has 76 valence electrons. The van der Waals surface area contributed by atoms with Crippen molar-refractivity contribution in [2.75, 3.05) is 7.11 Å². The Labute approximate surface area is 85.3 Å². The van der Waals surface area contributed by atoms with Crippen molar-refractivity contribution in [3.05, 3.63) is 26.9 Å². The van der Waals surface area contributed by atoms with Crippen molar-refractivity contribution < 1.29 is 9.53 Å². The lowest BCUT2D eigenvalue weighted by molar-refractivity contribution is -0.141. The van der Waals surface area contributed by atoms with Crippen molar-refractivity contribution in [1.82, 2.24) is 9.55 Å². The molecular weight excluding hydrogens is 204 g/mol. The van der Waals surface area contributed by atoms with E-state index in [9.17, 15) is 9.59 Å². The van der Waals surface area contributed by atoms with E-state index in [4.69, 9.17) is 12.2 Å². The molecule has 0 aromatic carbocycles. The monoisotopic (exact) mass is 214 g/mol. The summed E-state index contributed by atoms with van der Waals surface area (Å²) in [6.45, 7) is 1.65. The lowest BCUT2D eigenvalue weighted by Crippen LogP contribution is -2.27. The number of H-pyrrole nitrogens is 1. The number of ether oxygens (including phenoxy) is 1. The molecule has 0 aliphatic heterocycles. The van der Waals surface area contributed by atoms with Crippen LogP contribution in [0.4, 0.5) is 0 Å². The summed E-state index contributed by atoms with van der Waals surface area (Å²) in [6.07, 6.45) is 1.53. The van der Waals surface area contributed by atoms with Crippen LogP contribution in [0.1, 0.15) is 5.56 Å². The highest BCUT2D eigenvalue weighted by atomic mass is 32.1. The van der Waals surface area contributed by atoms with Gasteiger partial charge in [-0.2, -0.15) is 0 Å². The van der Waals surface area contributed by atoms with E-state index in [-0.39, 0.29) is 6.54 Å². The second-order valence-electron chi connectivity index (χ2n) is 2.78. The normalized spacial score (nSPS) is 9.86. The molecule has 0 aliphatic carbocycles. The number of aromatic amines is 1. The molecule has 0 amide bonds. The molecule has 0 fully saturated rings. The van der Waals surface area contributed by atoms with Gasteiger partial charge in [0.15, 0.2) is 0 Å². The van der Waals surface area contributed by atoms with Gasteiger partial charge in [0, 0.05) is 11.8 Å². The van der Waals surface area contributed by atoms with E-state index in [0.717, 1.165) is 5.56 Å². The van der Waals surface area contributed by atoms with Crippen LogP contribution in [0, 0.1) is 11.6 Å². The van der Waals surface area contributed by atoms with Gasteiger partial charge in [0.2, 0.25) is 0 Å². The summed E-state index contributed by atoms with van der Waals surface area (Å²) in [4.78, 5) is 24.6. The molecule has 0 saturated carbocycles. The molecule has 1 heterocycles. The number of carbonyl (C=O) groups is 1. The van der Waals surface area contributed by atoms with Gasteiger partial charge in [-0.15, -0.1) is 0 Å². The van der Waals surface area contributed by atoms with Gasteiger partial charge in [0.25, 0.3) is 0 Å². The zero-order valence-corrected chi connectivity index (χ0v) is 8.68. The molecule has 1 aromatic heterocycles. The van der Waals surface area contributed by atoms with Crippen LogP contribution in [0.3, 0.4) is 0 Å². The SMILES string of the molecule is COC(=O)Cn1cc(C)c(=S)[nH]c1=O. The fourth-order valence-electron chi connectivity index (χ4n) is 0.940. The number of methoxy groups -OCH3 is 1. The molecule has 0 spiro atoms. The molecule has 0 saturated heterocycles. The lowest BCUT2D eigenvalue weighted by atomic mass is 10.4. The van der Waals surface area contributed by atoms with E-state index in [1.807, 2.05) is 0 Å². The van der Waals surface area contributed by atoms with Crippen molar-refractivity contribution in [2.24, 2.45) is 0 Å². The molecule has 1 rings (SSSR count). The van der Waals surface area contributed by atoms with Crippen LogP contribution < -0.4 is 5.69 Å². The second-order valence-corrected chi connectivity index (χ2v) is 3.18. The highest BCUT2D eigenvalue weighted by molar-refractivity contribution is 7.71. The Morgan fingerprint density at radius 2 is 2.36 bits per heavy atom. The van der Waals surface area contributed by atoms with Crippen LogP contribution in [0.2, 0.25) is 0 Å². The average molecular weight is 214 g/mol. The number of nitrogens with zero attached hydrogens (tertiary/aromatic N) is 1. The molecule has 0 atom stereocenters. The van der Waals surface area contributed by atoms with Gasteiger partial charge < -0.3 is 4.74 Å². The number of rotatable bonds is 2. The Balaban J connectivity index is 3.11. The van der Waals surface area contributed by atoms with Crippen LogP contribution in [0.15, 0.2) is 11.0 Å². The molecular formula is C8H10N2O3S. The van der Waals surface area contributed by atoms with Gasteiger partial charge in [-0.25, -0.2) is 4.79 Å². The minimum absolute atomic E-state index is 0.109. The number of carbonyl (C=O) groups excluding carboxylic acids is 1. The molecule has 1 aromatic rings.